The van der Waals surface area contributed by atoms with Crippen LogP contribution in [0, 0.1) is 11.3 Å². The highest BCUT2D eigenvalue weighted by Gasteiger charge is 2.25. The van der Waals surface area contributed by atoms with Crippen molar-refractivity contribution in [3.05, 3.63) is 40.7 Å². The van der Waals surface area contributed by atoms with Crippen LogP contribution >= 0.6 is 0 Å². The van der Waals surface area contributed by atoms with Crippen LogP contribution in [-0.2, 0) is 13.5 Å². The number of hydrogen-bond acceptors (Lipinski definition) is 5. The summed E-state index contributed by atoms with van der Waals surface area (Å²) in [7, 11) is 1.61. The highest BCUT2D eigenvalue weighted by Crippen LogP contribution is 2.31. The molecule has 1 aromatic carbocycles. The zero-order valence-electron chi connectivity index (χ0n) is 10.9. The van der Waals surface area contributed by atoms with E-state index < -0.39 is 0 Å². The molecular weight excluding hydrogens is 256 g/mol. The van der Waals surface area contributed by atoms with E-state index in [4.69, 9.17) is 5.26 Å². The molecule has 1 aromatic heterocycles. The summed E-state index contributed by atoms with van der Waals surface area (Å²) in [6.07, 6.45) is 1.67. The zero-order chi connectivity index (χ0) is 14.1. The Hall–Kier alpha value is -2.75. The molecule has 1 heterocycles. The second-order valence-corrected chi connectivity index (χ2v) is 4.69. The Balaban J connectivity index is 1.79. The number of fused-ring (bicyclic) bond motifs is 1. The molecule has 0 saturated heterocycles. The van der Waals surface area contributed by atoms with Crippen molar-refractivity contribution in [1.82, 2.24) is 25.5 Å². The van der Waals surface area contributed by atoms with Crippen molar-refractivity contribution in [2.24, 2.45) is 7.05 Å². The van der Waals surface area contributed by atoms with Crippen molar-refractivity contribution in [2.45, 2.75) is 18.9 Å². The average Bonchev–Trinajstić information content (AvgIpc) is 3.05. The molecule has 0 fully saturated rings. The van der Waals surface area contributed by atoms with Gasteiger partial charge in [0.1, 0.15) is 0 Å². The lowest BCUT2D eigenvalue weighted by molar-refractivity contribution is 0.0926. The molecule has 1 aliphatic carbocycles. The zero-order valence-corrected chi connectivity index (χ0v) is 10.9. The van der Waals surface area contributed by atoms with Gasteiger partial charge < -0.3 is 5.32 Å². The number of nitriles is 1. The van der Waals surface area contributed by atoms with E-state index in [2.05, 4.69) is 26.8 Å². The number of nitrogens with zero attached hydrogens (tertiary/aromatic N) is 5. The summed E-state index contributed by atoms with van der Waals surface area (Å²) >= 11 is 0. The molecule has 1 N–H and O–H groups in total. The summed E-state index contributed by atoms with van der Waals surface area (Å²) in [5, 5.41) is 23.0. The van der Waals surface area contributed by atoms with Gasteiger partial charge in [0.15, 0.2) is 0 Å². The van der Waals surface area contributed by atoms with Gasteiger partial charge in [0.25, 0.3) is 11.7 Å². The molecule has 7 heteroatoms. The Labute approximate surface area is 115 Å². The van der Waals surface area contributed by atoms with Crippen LogP contribution < -0.4 is 5.32 Å². The number of amides is 1. The topological polar surface area (TPSA) is 96.5 Å². The van der Waals surface area contributed by atoms with Crippen LogP contribution in [-0.4, -0.2) is 26.1 Å². The predicted molar refractivity (Wildman–Crippen MR) is 68.5 cm³/mol. The van der Waals surface area contributed by atoms with Gasteiger partial charge in [-0.15, -0.1) is 10.2 Å². The predicted octanol–water partition coefficient (Wildman–Crippen LogP) is 0.499. The van der Waals surface area contributed by atoms with Crippen molar-refractivity contribution < 1.29 is 4.79 Å². The fourth-order valence-electron chi connectivity index (χ4n) is 2.43. The fraction of sp³-hybridized carbons (Fsp3) is 0.308. The first-order valence-electron chi connectivity index (χ1n) is 6.25. The number of aryl methyl sites for hydroxylation is 2. The minimum atomic E-state index is -0.333. The summed E-state index contributed by atoms with van der Waals surface area (Å²) in [5.41, 5.74) is 2.81. The fourth-order valence-corrected chi connectivity index (χ4v) is 2.43. The highest BCUT2D eigenvalue weighted by molar-refractivity contribution is 5.90. The van der Waals surface area contributed by atoms with Crippen molar-refractivity contribution in [3.63, 3.8) is 0 Å². The van der Waals surface area contributed by atoms with Gasteiger partial charge in [-0.3, -0.25) is 4.79 Å². The number of rotatable bonds is 2. The van der Waals surface area contributed by atoms with Gasteiger partial charge in [-0.05, 0) is 41.3 Å². The van der Waals surface area contributed by atoms with Crippen LogP contribution in [0.15, 0.2) is 18.2 Å². The molecule has 0 bridgehead atoms. The minimum absolute atomic E-state index is 0.0611. The Kier molecular flexibility index (Phi) is 2.91. The van der Waals surface area contributed by atoms with E-state index in [1.807, 2.05) is 12.1 Å². The summed E-state index contributed by atoms with van der Waals surface area (Å²) in [4.78, 5) is 13.3. The molecule has 100 valence electrons. The van der Waals surface area contributed by atoms with Gasteiger partial charge in [-0.25, -0.2) is 0 Å². The van der Waals surface area contributed by atoms with Crippen molar-refractivity contribution in [1.29, 1.82) is 5.26 Å². The lowest BCUT2D eigenvalue weighted by atomic mass is 10.1. The Bertz CT molecular complexity index is 714. The van der Waals surface area contributed by atoms with Crippen LogP contribution in [0.1, 0.15) is 39.8 Å². The van der Waals surface area contributed by atoms with Gasteiger partial charge in [0.2, 0.25) is 0 Å². The van der Waals surface area contributed by atoms with Crippen LogP contribution in [0.5, 0.6) is 0 Å². The van der Waals surface area contributed by atoms with Gasteiger partial charge in [-0.2, -0.15) is 10.1 Å². The number of tetrazole rings is 1. The number of benzene rings is 1. The monoisotopic (exact) mass is 268 g/mol. The van der Waals surface area contributed by atoms with E-state index in [1.54, 1.807) is 13.1 Å². The number of nitrogens with one attached hydrogen (secondary N) is 1. The molecular formula is C13H12N6O. The average molecular weight is 268 g/mol. The molecule has 0 unspecified atom stereocenters. The maximum atomic E-state index is 12.0. The summed E-state index contributed by atoms with van der Waals surface area (Å²) < 4.78 is 0. The standard InChI is InChI=1S/C13H12N6O/c1-19-17-12(16-18-19)13(20)15-11-5-3-9-6-8(7-14)2-4-10(9)11/h2,4,6,11H,3,5H2,1H3,(H,15,20)/t11-/m1/s1. The maximum absolute atomic E-state index is 12.0. The van der Waals surface area contributed by atoms with Crippen molar-refractivity contribution in [2.75, 3.05) is 0 Å². The smallest absolute Gasteiger partial charge is 0.293 e. The normalized spacial score (nSPS) is 16.5. The summed E-state index contributed by atoms with van der Waals surface area (Å²) in [6, 6.07) is 7.60. The lowest BCUT2D eigenvalue weighted by Gasteiger charge is -2.12. The van der Waals surface area contributed by atoms with E-state index >= 15 is 0 Å². The van der Waals surface area contributed by atoms with E-state index in [0.717, 1.165) is 24.0 Å². The Morgan fingerprint density at radius 2 is 2.40 bits per heavy atom. The molecule has 7 nitrogen and oxygen atoms in total. The molecule has 3 rings (SSSR count). The maximum Gasteiger partial charge on any atom is 0.293 e. The quantitative estimate of drug-likeness (QED) is 0.855. The van der Waals surface area contributed by atoms with E-state index in [0.29, 0.717) is 5.56 Å². The number of hydrogen-bond donors (Lipinski definition) is 1. The molecule has 0 radical (unpaired) electrons. The summed E-state index contributed by atoms with van der Waals surface area (Å²) in [6.45, 7) is 0. The molecule has 20 heavy (non-hydrogen) atoms. The second kappa shape index (κ2) is 4.74. The van der Waals surface area contributed by atoms with E-state index in [1.165, 1.54) is 4.80 Å². The molecule has 2 aromatic rings. The Morgan fingerprint density at radius 1 is 1.55 bits per heavy atom. The van der Waals surface area contributed by atoms with E-state index in [9.17, 15) is 4.79 Å². The molecule has 0 spiro atoms. The van der Waals surface area contributed by atoms with E-state index in [-0.39, 0.29) is 17.8 Å². The molecule has 1 amide bonds. The first kappa shape index (κ1) is 12.3. The largest absolute Gasteiger partial charge is 0.342 e. The number of carbonyl (C=O) groups excluding carboxylic acids is 1. The first-order valence-corrected chi connectivity index (χ1v) is 6.25. The third-order valence-corrected chi connectivity index (χ3v) is 3.37. The van der Waals surface area contributed by atoms with Gasteiger partial charge in [0, 0.05) is 0 Å². The lowest BCUT2D eigenvalue weighted by Crippen LogP contribution is -2.28. The third-order valence-electron chi connectivity index (χ3n) is 3.37. The Morgan fingerprint density at radius 3 is 3.10 bits per heavy atom. The molecule has 1 aliphatic rings. The van der Waals surface area contributed by atoms with Gasteiger partial charge in [0.05, 0.1) is 24.7 Å². The van der Waals surface area contributed by atoms with Crippen LogP contribution in [0.25, 0.3) is 0 Å². The van der Waals surface area contributed by atoms with Gasteiger partial charge in [-0.1, -0.05) is 6.07 Å². The number of carbonyl (C=O) groups is 1. The first-order chi connectivity index (χ1) is 9.67. The summed E-state index contributed by atoms with van der Waals surface area (Å²) in [5.74, 6) is -0.269. The molecule has 1 atom stereocenters. The molecule has 0 aliphatic heterocycles. The van der Waals surface area contributed by atoms with Crippen LogP contribution in [0.2, 0.25) is 0 Å². The molecule has 0 saturated carbocycles. The SMILES string of the molecule is Cn1nnc(C(=O)N[C@@H]2CCc3cc(C#N)ccc32)n1. The van der Waals surface area contributed by atoms with Gasteiger partial charge >= 0.3 is 0 Å². The van der Waals surface area contributed by atoms with Crippen LogP contribution in [0.3, 0.4) is 0 Å². The van der Waals surface area contributed by atoms with Crippen molar-refractivity contribution in [3.8, 4) is 6.07 Å². The second-order valence-electron chi connectivity index (χ2n) is 4.69. The number of aromatic nitrogens is 4. The van der Waals surface area contributed by atoms with Crippen molar-refractivity contribution >= 4 is 5.91 Å². The highest BCUT2D eigenvalue weighted by atomic mass is 16.2. The minimum Gasteiger partial charge on any atom is -0.342 e. The van der Waals surface area contributed by atoms with Crippen LogP contribution in [0.4, 0.5) is 0 Å². The third kappa shape index (κ3) is 2.12.